The Morgan fingerprint density at radius 1 is 1.12 bits per heavy atom. The van der Waals surface area contributed by atoms with Crippen molar-refractivity contribution in [1.82, 2.24) is 0 Å². The molecule has 0 fully saturated rings. The minimum Gasteiger partial charge on any atom is -0.497 e. The van der Waals surface area contributed by atoms with E-state index in [0.29, 0.717) is 11.1 Å². The van der Waals surface area contributed by atoms with Gasteiger partial charge in [0.15, 0.2) is 0 Å². The number of benzene rings is 1. The normalized spacial score (nSPS) is 10.0. The highest BCUT2D eigenvalue weighted by atomic mass is 16.5. The highest BCUT2D eigenvalue weighted by Crippen LogP contribution is 2.27. The van der Waals surface area contributed by atoms with Crippen molar-refractivity contribution in [3.8, 4) is 16.9 Å². The van der Waals surface area contributed by atoms with E-state index in [1.165, 1.54) is 19.6 Å². The highest BCUT2D eigenvalue weighted by Gasteiger charge is 2.15. The molecule has 0 atom stereocenters. The number of esters is 1. The van der Waals surface area contributed by atoms with E-state index in [4.69, 9.17) is 9.15 Å². The van der Waals surface area contributed by atoms with Crippen LogP contribution in [0.4, 0.5) is 0 Å². The van der Waals surface area contributed by atoms with Crippen LogP contribution in [0.15, 0.2) is 41.2 Å². The van der Waals surface area contributed by atoms with Gasteiger partial charge >= 0.3 is 5.97 Å². The van der Waals surface area contributed by atoms with Crippen molar-refractivity contribution < 1.29 is 18.7 Å². The van der Waals surface area contributed by atoms with Gasteiger partial charge in [-0.2, -0.15) is 0 Å². The number of methoxy groups -OCH3 is 2. The molecule has 2 rings (SSSR count). The quantitative estimate of drug-likeness (QED) is 0.763. The van der Waals surface area contributed by atoms with Gasteiger partial charge in [-0.15, -0.1) is 0 Å². The first-order valence-electron chi connectivity index (χ1n) is 5.05. The standard InChI is InChI=1S/C13H12O4/c1-15-10-5-3-9(4-6-10)11-7-17-8-12(11)13(14)16-2/h3-8H,1-2H3. The molecule has 0 aliphatic rings. The predicted octanol–water partition coefficient (Wildman–Crippen LogP) is 2.74. The first-order chi connectivity index (χ1) is 8.26. The Balaban J connectivity index is 2.39. The summed E-state index contributed by atoms with van der Waals surface area (Å²) >= 11 is 0. The Hall–Kier alpha value is -2.23. The zero-order chi connectivity index (χ0) is 12.3. The largest absolute Gasteiger partial charge is 0.497 e. The summed E-state index contributed by atoms with van der Waals surface area (Å²) in [7, 11) is 2.94. The van der Waals surface area contributed by atoms with Crippen LogP contribution in [0.25, 0.3) is 11.1 Å². The number of hydrogen-bond donors (Lipinski definition) is 0. The van der Waals surface area contributed by atoms with Gasteiger partial charge in [-0.25, -0.2) is 4.79 Å². The molecule has 88 valence electrons. The number of furan rings is 1. The van der Waals surface area contributed by atoms with Crippen molar-refractivity contribution in [3.05, 3.63) is 42.4 Å². The summed E-state index contributed by atoms with van der Waals surface area (Å²) in [4.78, 5) is 11.5. The summed E-state index contributed by atoms with van der Waals surface area (Å²) in [6.45, 7) is 0. The van der Waals surface area contributed by atoms with Crippen LogP contribution in [0.2, 0.25) is 0 Å². The monoisotopic (exact) mass is 232 g/mol. The van der Waals surface area contributed by atoms with Crippen LogP contribution >= 0.6 is 0 Å². The number of carbonyl (C=O) groups is 1. The molecule has 0 saturated heterocycles. The summed E-state index contributed by atoms with van der Waals surface area (Å²) in [5.41, 5.74) is 2.00. The van der Waals surface area contributed by atoms with Gasteiger partial charge in [0.1, 0.15) is 17.6 Å². The lowest BCUT2D eigenvalue weighted by Gasteiger charge is -2.03. The van der Waals surface area contributed by atoms with Crippen molar-refractivity contribution in [2.24, 2.45) is 0 Å². The summed E-state index contributed by atoms with van der Waals surface area (Å²) in [5.74, 6) is 0.349. The summed E-state index contributed by atoms with van der Waals surface area (Å²) < 4.78 is 14.8. The van der Waals surface area contributed by atoms with Crippen molar-refractivity contribution in [2.45, 2.75) is 0 Å². The van der Waals surface area contributed by atoms with Gasteiger partial charge in [0.2, 0.25) is 0 Å². The Morgan fingerprint density at radius 3 is 2.41 bits per heavy atom. The molecule has 4 heteroatoms. The SMILES string of the molecule is COC(=O)c1cocc1-c1ccc(OC)cc1. The van der Waals surface area contributed by atoms with Crippen LogP contribution in [0.3, 0.4) is 0 Å². The molecule has 2 aromatic rings. The molecule has 4 nitrogen and oxygen atoms in total. The minimum absolute atomic E-state index is 0.412. The molecule has 0 aliphatic heterocycles. The van der Waals surface area contributed by atoms with E-state index < -0.39 is 5.97 Å². The fourth-order valence-electron chi connectivity index (χ4n) is 1.56. The van der Waals surface area contributed by atoms with Gasteiger partial charge in [0.05, 0.1) is 20.5 Å². The molecule has 0 N–H and O–H groups in total. The van der Waals surface area contributed by atoms with E-state index in [-0.39, 0.29) is 0 Å². The van der Waals surface area contributed by atoms with Crippen LogP contribution in [0, 0.1) is 0 Å². The van der Waals surface area contributed by atoms with Crippen molar-refractivity contribution in [1.29, 1.82) is 0 Å². The number of rotatable bonds is 3. The van der Waals surface area contributed by atoms with Gasteiger partial charge in [-0.3, -0.25) is 0 Å². The number of carbonyl (C=O) groups excluding carboxylic acids is 1. The maximum atomic E-state index is 11.5. The van der Waals surface area contributed by atoms with Gasteiger partial charge in [0, 0.05) is 5.56 Å². The van der Waals surface area contributed by atoms with Gasteiger partial charge in [-0.05, 0) is 17.7 Å². The Labute approximate surface area is 98.8 Å². The molecule has 0 radical (unpaired) electrons. The Kier molecular flexibility index (Phi) is 3.14. The highest BCUT2D eigenvalue weighted by molar-refractivity contribution is 5.96. The van der Waals surface area contributed by atoms with Crippen LogP contribution < -0.4 is 4.74 Å². The van der Waals surface area contributed by atoms with E-state index >= 15 is 0 Å². The molecule has 1 aromatic heterocycles. The second-order valence-electron chi connectivity index (χ2n) is 3.42. The van der Waals surface area contributed by atoms with E-state index in [1.807, 2.05) is 24.3 Å². The first-order valence-corrected chi connectivity index (χ1v) is 5.05. The number of hydrogen-bond acceptors (Lipinski definition) is 4. The van der Waals surface area contributed by atoms with Crippen LogP contribution in [0.5, 0.6) is 5.75 Å². The smallest absolute Gasteiger partial charge is 0.341 e. The molecule has 1 aromatic carbocycles. The molecule has 0 bridgehead atoms. The summed E-state index contributed by atoms with van der Waals surface area (Å²) in [6, 6.07) is 7.36. The molecule has 0 amide bonds. The zero-order valence-electron chi connectivity index (χ0n) is 9.60. The third-order valence-corrected chi connectivity index (χ3v) is 2.47. The number of ether oxygens (including phenoxy) is 2. The summed E-state index contributed by atoms with van der Waals surface area (Å²) in [6.07, 6.45) is 2.90. The van der Waals surface area contributed by atoms with E-state index in [2.05, 4.69) is 4.74 Å². The van der Waals surface area contributed by atoms with Crippen LogP contribution in [-0.2, 0) is 4.74 Å². The second-order valence-corrected chi connectivity index (χ2v) is 3.42. The van der Waals surface area contributed by atoms with Crippen LogP contribution in [0.1, 0.15) is 10.4 Å². The molecule has 17 heavy (non-hydrogen) atoms. The average molecular weight is 232 g/mol. The lowest BCUT2D eigenvalue weighted by molar-refractivity contribution is 0.0600. The molecule has 0 aliphatic carbocycles. The van der Waals surface area contributed by atoms with Gasteiger partial charge in [-0.1, -0.05) is 12.1 Å². The Bertz CT molecular complexity index is 510. The second kappa shape index (κ2) is 4.74. The molecule has 0 unspecified atom stereocenters. The van der Waals surface area contributed by atoms with Crippen molar-refractivity contribution in [2.75, 3.05) is 14.2 Å². The maximum absolute atomic E-state index is 11.5. The lowest BCUT2D eigenvalue weighted by Crippen LogP contribution is -2.00. The molecule has 1 heterocycles. The van der Waals surface area contributed by atoms with Crippen LogP contribution in [-0.4, -0.2) is 20.2 Å². The van der Waals surface area contributed by atoms with E-state index in [0.717, 1.165) is 11.3 Å². The van der Waals surface area contributed by atoms with Crippen molar-refractivity contribution in [3.63, 3.8) is 0 Å². The third kappa shape index (κ3) is 2.15. The van der Waals surface area contributed by atoms with E-state index in [9.17, 15) is 4.79 Å². The maximum Gasteiger partial charge on any atom is 0.341 e. The fraction of sp³-hybridized carbons (Fsp3) is 0.154. The average Bonchev–Trinajstić information content (AvgIpc) is 2.87. The minimum atomic E-state index is -0.412. The summed E-state index contributed by atoms with van der Waals surface area (Å²) in [5, 5.41) is 0. The topological polar surface area (TPSA) is 48.7 Å². The molecular formula is C13H12O4. The third-order valence-electron chi connectivity index (χ3n) is 2.47. The molecule has 0 spiro atoms. The molecular weight excluding hydrogens is 220 g/mol. The zero-order valence-corrected chi connectivity index (χ0v) is 9.60. The van der Waals surface area contributed by atoms with Gasteiger partial charge < -0.3 is 13.9 Å². The molecule has 0 saturated carbocycles. The van der Waals surface area contributed by atoms with Gasteiger partial charge in [0.25, 0.3) is 0 Å². The lowest BCUT2D eigenvalue weighted by atomic mass is 10.0. The fourth-order valence-corrected chi connectivity index (χ4v) is 1.56. The first kappa shape index (κ1) is 11.3. The predicted molar refractivity (Wildman–Crippen MR) is 62.0 cm³/mol. The van der Waals surface area contributed by atoms with Crippen molar-refractivity contribution >= 4 is 5.97 Å². The van der Waals surface area contributed by atoms with E-state index in [1.54, 1.807) is 7.11 Å². The Morgan fingerprint density at radius 2 is 1.82 bits per heavy atom.